The highest BCUT2D eigenvalue weighted by Crippen LogP contribution is 2.28. The summed E-state index contributed by atoms with van der Waals surface area (Å²) in [5.74, 6) is 0.271. The number of carbonyl (C=O) groups is 2. The van der Waals surface area contributed by atoms with Crippen LogP contribution in [0.1, 0.15) is 51.9 Å². The van der Waals surface area contributed by atoms with E-state index in [1.807, 2.05) is 4.90 Å². The topological polar surface area (TPSA) is 69.6 Å². The van der Waals surface area contributed by atoms with Crippen LogP contribution in [0, 0.1) is 17.8 Å². The van der Waals surface area contributed by atoms with Gasteiger partial charge in [0.2, 0.25) is 0 Å². The van der Waals surface area contributed by atoms with Crippen molar-refractivity contribution < 1.29 is 14.7 Å². The Morgan fingerprint density at radius 2 is 1.86 bits per heavy atom. The van der Waals surface area contributed by atoms with Gasteiger partial charge >= 0.3 is 12.0 Å². The number of hydrogen-bond acceptors (Lipinski definition) is 2. The zero-order chi connectivity index (χ0) is 15.2. The first kappa shape index (κ1) is 16.1. The van der Waals surface area contributed by atoms with Gasteiger partial charge in [0, 0.05) is 19.6 Å². The molecule has 0 spiro atoms. The maximum atomic E-state index is 12.1. The van der Waals surface area contributed by atoms with Gasteiger partial charge in [-0.05, 0) is 50.4 Å². The fourth-order valence-corrected chi connectivity index (χ4v) is 3.62. The van der Waals surface area contributed by atoms with Crippen molar-refractivity contribution >= 4 is 12.0 Å². The second-order valence-corrected chi connectivity index (χ2v) is 6.63. The lowest BCUT2D eigenvalue weighted by Gasteiger charge is -2.27. The molecule has 0 aromatic heterocycles. The number of hydrogen-bond donors (Lipinski definition) is 2. The van der Waals surface area contributed by atoms with E-state index in [2.05, 4.69) is 12.2 Å². The van der Waals surface area contributed by atoms with Gasteiger partial charge < -0.3 is 15.3 Å². The van der Waals surface area contributed by atoms with E-state index in [1.54, 1.807) is 0 Å². The van der Waals surface area contributed by atoms with Crippen LogP contribution in [0.15, 0.2) is 0 Å². The first-order valence-corrected chi connectivity index (χ1v) is 8.35. The third-order valence-electron chi connectivity index (χ3n) is 5.01. The molecule has 1 saturated heterocycles. The second-order valence-electron chi connectivity index (χ2n) is 6.63. The number of rotatable bonds is 5. The molecule has 0 aromatic rings. The maximum Gasteiger partial charge on any atom is 0.317 e. The Kier molecular flexibility index (Phi) is 5.88. The minimum absolute atomic E-state index is 0.0639. The highest BCUT2D eigenvalue weighted by atomic mass is 16.4. The summed E-state index contributed by atoms with van der Waals surface area (Å²) >= 11 is 0. The summed E-state index contributed by atoms with van der Waals surface area (Å²) in [5.41, 5.74) is 0. The van der Waals surface area contributed by atoms with Gasteiger partial charge in [0.1, 0.15) is 0 Å². The summed E-state index contributed by atoms with van der Waals surface area (Å²) in [7, 11) is 0. The van der Waals surface area contributed by atoms with E-state index in [1.165, 1.54) is 12.8 Å². The lowest BCUT2D eigenvalue weighted by atomic mass is 9.82. The summed E-state index contributed by atoms with van der Waals surface area (Å²) in [5, 5.41) is 12.0. The zero-order valence-electron chi connectivity index (χ0n) is 13.0. The van der Waals surface area contributed by atoms with E-state index in [9.17, 15) is 9.59 Å². The Labute approximate surface area is 127 Å². The van der Waals surface area contributed by atoms with Crippen LogP contribution in [0.4, 0.5) is 4.79 Å². The Morgan fingerprint density at radius 3 is 2.48 bits per heavy atom. The van der Waals surface area contributed by atoms with Crippen LogP contribution in [0.25, 0.3) is 0 Å². The number of nitrogens with one attached hydrogen (secondary N) is 1. The van der Waals surface area contributed by atoms with Crippen molar-refractivity contribution in [2.24, 2.45) is 17.8 Å². The smallest absolute Gasteiger partial charge is 0.317 e. The van der Waals surface area contributed by atoms with Crippen LogP contribution in [0.5, 0.6) is 0 Å². The molecule has 120 valence electrons. The minimum Gasteiger partial charge on any atom is -0.481 e. The number of urea groups is 1. The SMILES string of the molecule is CCCC1CCN(C(=O)NCC2CCC(C(=O)O)CC2)C1. The molecule has 2 fully saturated rings. The van der Waals surface area contributed by atoms with E-state index >= 15 is 0 Å². The number of amides is 2. The van der Waals surface area contributed by atoms with Crippen LogP contribution >= 0.6 is 0 Å². The normalized spacial score (nSPS) is 29.4. The average molecular weight is 296 g/mol. The Bertz CT molecular complexity index is 365. The Morgan fingerprint density at radius 1 is 1.14 bits per heavy atom. The first-order valence-electron chi connectivity index (χ1n) is 8.35. The van der Waals surface area contributed by atoms with E-state index < -0.39 is 5.97 Å². The molecular formula is C16H28N2O3. The number of carbonyl (C=O) groups excluding carboxylic acids is 1. The monoisotopic (exact) mass is 296 g/mol. The molecule has 0 bridgehead atoms. The summed E-state index contributed by atoms with van der Waals surface area (Å²) in [4.78, 5) is 25.0. The van der Waals surface area contributed by atoms with Gasteiger partial charge in [-0.3, -0.25) is 4.79 Å². The molecule has 1 aliphatic carbocycles. The second kappa shape index (κ2) is 7.66. The Balaban J connectivity index is 1.65. The highest BCUT2D eigenvalue weighted by Gasteiger charge is 2.28. The van der Waals surface area contributed by atoms with Crippen molar-refractivity contribution in [3.63, 3.8) is 0 Å². The predicted octanol–water partition coefficient (Wildman–Crippen LogP) is 2.71. The highest BCUT2D eigenvalue weighted by molar-refractivity contribution is 5.74. The number of carboxylic acids is 1. The van der Waals surface area contributed by atoms with Crippen molar-refractivity contribution in [2.75, 3.05) is 19.6 Å². The lowest BCUT2D eigenvalue weighted by molar-refractivity contribution is -0.143. The number of carboxylic acid groups (broad SMARTS) is 1. The lowest BCUT2D eigenvalue weighted by Crippen LogP contribution is -2.41. The van der Waals surface area contributed by atoms with E-state index in [0.717, 1.165) is 45.2 Å². The summed E-state index contributed by atoms with van der Waals surface area (Å²) in [6.45, 7) is 4.66. The van der Waals surface area contributed by atoms with Crippen molar-refractivity contribution in [3.8, 4) is 0 Å². The molecular weight excluding hydrogens is 268 g/mol. The first-order chi connectivity index (χ1) is 10.1. The van der Waals surface area contributed by atoms with Crippen LogP contribution in [-0.2, 0) is 4.79 Å². The average Bonchev–Trinajstić information content (AvgIpc) is 2.94. The molecule has 2 rings (SSSR count). The fourth-order valence-electron chi connectivity index (χ4n) is 3.62. The van der Waals surface area contributed by atoms with Gasteiger partial charge in [-0.25, -0.2) is 4.79 Å². The van der Waals surface area contributed by atoms with Crippen LogP contribution in [-0.4, -0.2) is 41.6 Å². The number of likely N-dealkylation sites (tertiary alicyclic amines) is 1. The van der Waals surface area contributed by atoms with Gasteiger partial charge in [-0.15, -0.1) is 0 Å². The molecule has 21 heavy (non-hydrogen) atoms. The zero-order valence-corrected chi connectivity index (χ0v) is 13.0. The van der Waals surface area contributed by atoms with E-state index in [4.69, 9.17) is 5.11 Å². The molecule has 1 atom stereocenters. The molecule has 2 N–H and O–H groups in total. The summed E-state index contributed by atoms with van der Waals surface area (Å²) in [6.07, 6.45) is 6.85. The minimum atomic E-state index is -0.670. The number of nitrogens with zero attached hydrogens (tertiary/aromatic N) is 1. The molecule has 1 heterocycles. The molecule has 1 saturated carbocycles. The summed E-state index contributed by atoms with van der Waals surface area (Å²) in [6, 6.07) is 0.0639. The van der Waals surface area contributed by atoms with Gasteiger partial charge in [0.15, 0.2) is 0 Å². The van der Waals surface area contributed by atoms with Gasteiger partial charge in [-0.2, -0.15) is 0 Å². The molecule has 0 aromatic carbocycles. The molecule has 0 radical (unpaired) electrons. The maximum absolute atomic E-state index is 12.1. The number of aliphatic carboxylic acids is 1. The Hall–Kier alpha value is -1.26. The summed E-state index contributed by atoms with van der Waals surface area (Å²) < 4.78 is 0. The quantitative estimate of drug-likeness (QED) is 0.819. The van der Waals surface area contributed by atoms with Gasteiger partial charge in [0.25, 0.3) is 0 Å². The molecule has 5 heteroatoms. The van der Waals surface area contributed by atoms with Crippen molar-refractivity contribution in [1.29, 1.82) is 0 Å². The third kappa shape index (κ3) is 4.61. The molecule has 5 nitrogen and oxygen atoms in total. The van der Waals surface area contributed by atoms with Crippen LogP contribution in [0.2, 0.25) is 0 Å². The van der Waals surface area contributed by atoms with Crippen molar-refractivity contribution in [3.05, 3.63) is 0 Å². The van der Waals surface area contributed by atoms with Gasteiger partial charge in [-0.1, -0.05) is 13.3 Å². The van der Waals surface area contributed by atoms with E-state index in [-0.39, 0.29) is 11.9 Å². The van der Waals surface area contributed by atoms with Crippen molar-refractivity contribution in [2.45, 2.75) is 51.9 Å². The fraction of sp³-hybridized carbons (Fsp3) is 0.875. The standard InChI is InChI=1S/C16H28N2O3/c1-2-3-13-8-9-18(11-13)16(21)17-10-12-4-6-14(7-5-12)15(19)20/h12-14H,2-11H2,1H3,(H,17,21)(H,19,20). The molecule has 2 amide bonds. The molecule has 1 unspecified atom stereocenters. The van der Waals surface area contributed by atoms with Gasteiger partial charge in [0.05, 0.1) is 5.92 Å². The third-order valence-corrected chi connectivity index (χ3v) is 5.01. The predicted molar refractivity (Wildman–Crippen MR) is 81.1 cm³/mol. The molecule has 2 aliphatic rings. The van der Waals surface area contributed by atoms with Crippen LogP contribution in [0.3, 0.4) is 0 Å². The largest absolute Gasteiger partial charge is 0.481 e. The van der Waals surface area contributed by atoms with E-state index in [0.29, 0.717) is 18.4 Å². The van der Waals surface area contributed by atoms with Crippen LogP contribution < -0.4 is 5.32 Å². The molecule has 1 aliphatic heterocycles. The van der Waals surface area contributed by atoms with Crippen molar-refractivity contribution in [1.82, 2.24) is 10.2 Å².